The van der Waals surface area contributed by atoms with E-state index in [4.69, 9.17) is 5.73 Å². The molecule has 0 radical (unpaired) electrons. The summed E-state index contributed by atoms with van der Waals surface area (Å²) in [4.78, 5) is 3.86. The molecular formula is C4H10N2S. The summed E-state index contributed by atoms with van der Waals surface area (Å²) in [5.74, 6) is 1.18. The number of rotatable bonds is 2. The van der Waals surface area contributed by atoms with E-state index in [1.54, 1.807) is 0 Å². The Morgan fingerprint density at radius 3 is 2.57 bits per heavy atom. The summed E-state index contributed by atoms with van der Waals surface area (Å²) in [5.41, 5.74) is 5.26. The number of hydrogen-bond donors (Lipinski definition) is 2. The average molecular weight is 118 g/mol. The summed E-state index contributed by atoms with van der Waals surface area (Å²) >= 11 is 3.89. The molecule has 0 fully saturated rings. The molecule has 0 aromatic rings. The zero-order chi connectivity index (χ0) is 5.70. The summed E-state index contributed by atoms with van der Waals surface area (Å²) in [6.07, 6.45) is 0. The highest BCUT2D eigenvalue weighted by atomic mass is 32.1. The fourth-order valence-corrected chi connectivity index (χ4v) is 0.353. The van der Waals surface area contributed by atoms with Gasteiger partial charge in [0.25, 0.3) is 0 Å². The normalized spacial score (nSPS) is 12.0. The van der Waals surface area contributed by atoms with Crippen LogP contribution in [-0.4, -0.2) is 18.1 Å². The van der Waals surface area contributed by atoms with Crippen molar-refractivity contribution in [3.63, 3.8) is 0 Å². The standard InChI is InChI=1S/C4H10N2S/c1-2-6-4(5)3-7/h7H,2-3H2,1H3,(H2,5,6). The van der Waals surface area contributed by atoms with Crippen molar-refractivity contribution in [2.75, 3.05) is 12.3 Å². The van der Waals surface area contributed by atoms with Crippen molar-refractivity contribution in [2.45, 2.75) is 6.92 Å². The van der Waals surface area contributed by atoms with E-state index in [9.17, 15) is 0 Å². The van der Waals surface area contributed by atoms with E-state index in [0.29, 0.717) is 11.6 Å². The van der Waals surface area contributed by atoms with Gasteiger partial charge >= 0.3 is 0 Å². The summed E-state index contributed by atoms with van der Waals surface area (Å²) < 4.78 is 0. The molecule has 0 aromatic carbocycles. The lowest BCUT2D eigenvalue weighted by Crippen LogP contribution is -2.13. The second-order valence-electron chi connectivity index (χ2n) is 1.12. The molecule has 0 amide bonds. The second kappa shape index (κ2) is 3.99. The molecule has 0 aliphatic heterocycles. The highest BCUT2D eigenvalue weighted by molar-refractivity contribution is 7.81. The molecule has 0 aliphatic carbocycles. The third-order valence-corrected chi connectivity index (χ3v) is 0.847. The van der Waals surface area contributed by atoms with Gasteiger partial charge in [0.1, 0.15) is 5.84 Å². The van der Waals surface area contributed by atoms with Crippen LogP contribution in [0.4, 0.5) is 0 Å². The largest absolute Gasteiger partial charge is 0.387 e. The van der Waals surface area contributed by atoms with Crippen LogP contribution in [0.5, 0.6) is 0 Å². The molecule has 0 rings (SSSR count). The monoisotopic (exact) mass is 118 g/mol. The summed E-state index contributed by atoms with van der Waals surface area (Å²) in [5, 5.41) is 0. The minimum absolute atomic E-state index is 0.563. The van der Waals surface area contributed by atoms with Gasteiger partial charge in [0, 0.05) is 12.3 Å². The van der Waals surface area contributed by atoms with Gasteiger partial charge in [-0.3, -0.25) is 4.99 Å². The van der Waals surface area contributed by atoms with Crippen molar-refractivity contribution in [3.05, 3.63) is 0 Å². The fourth-order valence-electron chi connectivity index (χ4n) is 0.253. The van der Waals surface area contributed by atoms with Gasteiger partial charge in [-0.05, 0) is 6.92 Å². The summed E-state index contributed by atoms with van der Waals surface area (Å²) in [6, 6.07) is 0. The number of hydrogen-bond acceptors (Lipinski definition) is 2. The fraction of sp³-hybridized carbons (Fsp3) is 0.750. The third kappa shape index (κ3) is 3.66. The van der Waals surface area contributed by atoms with Crippen LogP contribution in [-0.2, 0) is 0 Å². The Morgan fingerprint density at radius 2 is 2.43 bits per heavy atom. The third-order valence-electron chi connectivity index (χ3n) is 0.523. The molecule has 0 atom stereocenters. The van der Waals surface area contributed by atoms with Crippen LogP contribution in [0.3, 0.4) is 0 Å². The number of nitrogens with two attached hydrogens (primary N) is 1. The van der Waals surface area contributed by atoms with Gasteiger partial charge in [0.05, 0.1) is 0 Å². The first kappa shape index (κ1) is 6.82. The first-order valence-electron chi connectivity index (χ1n) is 2.21. The maximum Gasteiger partial charge on any atom is 0.103 e. The van der Waals surface area contributed by atoms with Crippen molar-refractivity contribution >= 4 is 18.5 Å². The molecule has 0 heterocycles. The minimum atomic E-state index is 0.563. The molecule has 0 spiro atoms. The van der Waals surface area contributed by atoms with E-state index < -0.39 is 0 Å². The zero-order valence-electron chi connectivity index (χ0n) is 4.39. The molecule has 42 valence electrons. The maximum absolute atomic E-state index is 5.26. The van der Waals surface area contributed by atoms with Gasteiger partial charge < -0.3 is 5.73 Å². The maximum atomic E-state index is 5.26. The molecule has 0 aliphatic rings. The van der Waals surface area contributed by atoms with Gasteiger partial charge in [-0.2, -0.15) is 12.6 Å². The van der Waals surface area contributed by atoms with E-state index in [-0.39, 0.29) is 0 Å². The molecule has 0 saturated heterocycles. The van der Waals surface area contributed by atoms with E-state index in [2.05, 4.69) is 17.6 Å². The smallest absolute Gasteiger partial charge is 0.103 e. The Hall–Kier alpha value is -0.180. The van der Waals surface area contributed by atoms with Crippen LogP contribution in [0.15, 0.2) is 4.99 Å². The van der Waals surface area contributed by atoms with Crippen LogP contribution < -0.4 is 5.73 Å². The Balaban J connectivity index is 3.29. The van der Waals surface area contributed by atoms with Crippen LogP contribution in [0.1, 0.15) is 6.92 Å². The molecule has 0 unspecified atom stereocenters. The first-order chi connectivity index (χ1) is 3.31. The average Bonchev–Trinajstić information content (AvgIpc) is 1.68. The zero-order valence-corrected chi connectivity index (χ0v) is 5.28. The van der Waals surface area contributed by atoms with Crippen molar-refractivity contribution < 1.29 is 0 Å². The van der Waals surface area contributed by atoms with Crippen LogP contribution >= 0.6 is 12.6 Å². The predicted octanol–water partition coefficient (Wildman–Crippen LogP) is 0.293. The van der Waals surface area contributed by atoms with Gasteiger partial charge in [0.2, 0.25) is 0 Å². The van der Waals surface area contributed by atoms with Gasteiger partial charge in [-0.15, -0.1) is 0 Å². The van der Waals surface area contributed by atoms with E-state index in [0.717, 1.165) is 6.54 Å². The topological polar surface area (TPSA) is 38.4 Å². The van der Waals surface area contributed by atoms with Crippen molar-refractivity contribution in [3.8, 4) is 0 Å². The number of amidine groups is 1. The highest BCUT2D eigenvalue weighted by Crippen LogP contribution is 1.73. The molecule has 2 nitrogen and oxygen atoms in total. The van der Waals surface area contributed by atoms with E-state index in [1.165, 1.54) is 0 Å². The molecule has 0 bridgehead atoms. The van der Waals surface area contributed by atoms with E-state index in [1.807, 2.05) is 6.92 Å². The number of aliphatic imine (C=N–C) groups is 1. The highest BCUT2D eigenvalue weighted by Gasteiger charge is 1.79. The van der Waals surface area contributed by atoms with Gasteiger partial charge in [0.15, 0.2) is 0 Å². The van der Waals surface area contributed by atoms with Gasteiger partial charge in [-0.1, -0.05) is 0 Å². The first-order valence-corrected chi connectivity index (χ1v) is 2.84. The van der Waals surface area contributed by atoms with Crippen LogP contribution in [0.25, 0.3) is 0 Å². The number of nitrogens with zero attached hydrogens (tertiary/aromatic N) is 1. The quantitative estimate of drug-likeness (QED) is 0.305. The Bertz CT molecular complexity index is 70.1. The Kier molecular flexibility index (Phi) is 3.89. The summed E-state index contributed by atoms with van der Waals surface area (Å²) in [6.45, 7) is 2.70. The minimum Gasteiger partial charge on any atom is -0.387 e. The lowest BCUT2D eigenvalue weighted by molar-refractivity contribution is 1.12. The van der Waals surface area contributed by atoms with Crippen LogP contribution in [0, 0.1) is 0 Å². The van der Waals surface area contributed by atoms with Crippen molar-refractivity contribution in [1.29, 1.82) is 0 Å². The Labute approximate surface area is 49.2 Å². The van der Waals surface area contributed by atoms with Crippen molar-refractivity contribution in [1.82, 2.24) is 0 Å². The summed E-state index contributed by atoms with van der Waals surface area (Å²) in [7, 11) is 0. The second-order valence-corrected chi connectivity index (χ2v) is 1.44. The predicted molar refractivity (Wildman–Crippen MR) is 36.0 cm³/mol. The molecule has 3 heteroatoms. The van der Waals surface area contributed by atoms with E-state index >= 15 is 0 Å². The molecular weight excluding hydrogens is 108 g/mol. The lowest BCUT2D eigenvalue weighted by atomic mass is 10.7. The lowest BCUT2D eigenvalue weighted by Gasteiger charge is -1.88. The molecule has 2 N–H and O–H groups in total. The number of thiol groups is 1. The Morgan fingerprint density at radius 1 is 1.86 bits per heavy atom. The SMILES string of the molecule is CCN=C(N)CS. The van der Waals surface area contributed by atoms with Crippen molar-refractivity contribution in [2.24, 2.45) is 10.7 Å². The molecule has 7 heavy (non-hydrogen) atoms. The van der Waals surface area contributed by atoms with Crippen LogP contribution in [0.2, 0.25) is 0 Å². The molecule has 0 aromatic heterocycles. The van der Waals surface area contributed by atoms with Gasteiger partial charge in [-0.25, -0.2) is 0 Å². The molecule has 0 saturated carbocycles.